The molecule has 0 unspecified atom stereocenters. The fourth-order valence-corrected chi connectivity index (χ4v) is 3.87. The molecule has 2 N–H and O–H groups in total. The van der Waals surface area contributed by atoms with Gasteiger partial charge in [0.25, 0.3) is 15.9 Å². The van der Waals surface area contributed by atoms with Crippen LogP contribution in [0.25, 0.3) is 5.65 Å². The first kappa shape index (κ1) is 19.5. The largest absolute Gasteiger partial charge is 0.345 e. The van der Waals surface area contributed by atoms with Gasteiger partial charge in [-0.15, -0.1) is 10.2 Å². The highest BCUT2D eigenvalue weighted by Crippen LogP contribution is 2.19. The molecule has 0 saturated carbocycles. The number of fused-ring (bicyclic) bond motifs is 1. The molecule has 0 fully saturated rings. The molecule has 8 nitrogen and oxygen atoms in total. The number of hydrogen-bond donors (Lipinski definition) is 2. The number of para-hydroxylation sites is 1. The lowest BCUT2D eigenvalue weighted by atomic mass is 10.2. The molecule has 2 aromatic carbocycles. The van der Waals surface area contributed by atoms with E-state index in [0.29, 0.717) is 11.5 Å². The molecule has 0 aliphatic heterocycles. The summed E-state index contributed by atoms with van der Waals surface area (Å²) in [5.41, 5.74) is 0.784. The highest BCUT2D eigenvalue weighted by Gasteiger charge is 2.17. The van der Waals surface area contributed by atoms with E-state index in [4.69, 9.17) is 0 Å². The van der Waals surface area contributed by atoms with Crippen molar-refractivity contribution < 1.29 is 17.6 Å². The number of nitrogens with one attached hydrogen (secondary N) is 2. The summed E-state index contributed by atoms with van der Waals surface area (Å²) in [4.78, 5) is 12.3. The van der Waals surface area contributed by atoms with E-state index >= 15 is 0 Å². The standard InChI is InChI=1S/C20H16FN5O3S/c21-16-5-1-2-6-17(16)25-30(28,29)15-10-8-14(9-11-15)20(27)22-13-19-24-23-18-7-3-4-12-26(18)19/h1-12,25H,13H2,(H,22,27). The first-order valence-corrected chi connectivity index (χ1v) is 10.4. The lowest BCUT2D eigenvalue weighted by molar-refractivity contribution is 0.0949. The van der Waals surface area contributed by atoms with Crippen LogP contribution in [0.1, 0.15) is 16.2 Å². The van der Waals surface area contributed by atoms with Crippen LogP contribution in [0, 0.1) is 5.82 Å². The van der Waals surface area contributed by atoms with Crippen LogP contribution < -0.4 is 10.0 Å². The number of halogens is 1. The molecule has 0 saturated heterocycles. The molecule has 4 rings (SSSR count). The lowest BCUT2D eigenvalue weighted by Gasteiger charge is -2.09. The summed E-state index contributed by atoms with van der Waals surface area (Å²) in [5.74, 6) is -0.515. The fraction of sp³-hybridized carbons (Fsp3) is 0.0500. The number of benzene rings is 2. The Morgan fingerprint density at radius 2 is 1.70 bits per heavy atom. The molecule has 0 radical (unpaired) electrons. The zero-order valence-electron chi connectivity index (χ0n) is 15.5. The topological polar surface area (TPSA) is 105 Å². The number of rotatable bonds is 6. The third-order valence-corrected chi connectivity index (χ3v) is 5.72. The van der Waals surface area contributed by atoms with Gasteiger partial charge in [-0.25, -0.2) is 12.8 Å². The molecule has 0 aliphatic carbocycles. The van der Waals surface area contributed by atoms with Gasteiger partial charge in [-0.3, -0.25) is 13.9 Å². The van der Waals surface area contributed by atoms with Crippen LogP contribution >= 0.6 is 0 Å². The summed E-state index contributed by atoms with van der Waals surface area (Å²) in [6.07, 6.45) is 1.79. The second-order valence-electron chi connectivity index (χ2n) is 6.34. The van der Waals surface area contributed by atoms with E-state index in [1.54, 1.807) is 16.7 Å². The van der Waals surface area contributed by atoms with Gasteiger partial charge in [0.1, 0.15) is 5.82 Å². The molecule has 152 valence electrons. The third kappa shape index (κ3) is 3.98. The zero-order chi connectivity index (χ0) is 21.1. The van der Waals surface area contributed by atoms with E-state index in [1.165, 1.54) is 42.5 Å². The summed E-state index contributed by atoms with van der Waals surface area (Å²) in [7, 11) is -3.99. The average Bonchev–Trinajstić information content (AvgIpc) is 3.17. The predicted molar refractivity (Wildman–Crippen MR) is 108 cm³/mol. The van der Waals surface area contributed by atoms with Crippen molar-refractivity contribution in [2.24, 2.45) is 0 Å². The monoisotopic (exact) mass is 425 g/mol. The normalized spacial score (nSPS) is 11.4. The zero-order valence-corrected chi connectivity index (χ0v) is 16.3. The van der Waals surface area contributed by atoms with E-state index < -0.39 is 21.7 Å². The van der Waals surface area contributed by atoms with Crippen LogP contribution in [0.3, 0.4) is 0 Å². The van der Waals surface area contributed by atoms with Gasteiger partial charge in [0.05, 0.1) is 17.1 Å². The summed E-state index contributed by atoms with van der Waals surface area (Å²) in [6.45, 7) is 0.152. The minimum absolute atomic E-state index is 0.0919. The van der Waals surface area contributed by atoms with Crippen LogP contribution in [-0.4, -0.2) is 28.9 Å². The Kier molecular flexibility index (Phi) is 5.15. The lowest BCUT2D eigenvalue weighted by Crippen LogP contribution is -2.24. The van der Waals surface area contributed by atoms with Crippen molar-refractivity contribution in [3.8, 4) is 0 Å². The summed E-state index contributed by atoms with van der Waals surface area (Å²) in [5, 5.41) is 10.8. The Balaban J connectivity index is 1.45. The minimum Gasteiger partial charge on any atom is -0.345 e. The number of hydrogen-bond acceptors (Lipinski definition) is 5. The second-order valence-corrected chi connectivity index (χ2v) is 8.02. The van der Waals surface area contributed by atoms with E-state index in [-0.39, 0.29) is 22.7 Å². The Morgan fingerprint density at radius 3 is 2.47 bits per heavy atom. The Morgan fingerprint density at radius 1 is 0.967 bits per heavy atom. The molecule has 2 aromatic heterocycles. The van der Waals surface area contributed by atoms with Crippen molar-refractivity contribution in [2.45, 2.75) is 11.4 Å². The van der Waals surface area contributed by atoms with Gasteiger partial charge in [0, 0.05) is 11.8 Å². The van der Waals surface area contributed by atoms with Gasteiger partial charge in [0.2, 0.25) is 0 Å². The molecule has 2 heterocycles. The quantitative estimate of drug-likeness (QED) is 0.494. The van der Waals surface area contributed by atoms with E-state index in [2.05, 4.69) is 20.2 Å². The molecule has 4 aromatic rings. The van der Waals surface area contributed by atoms with Gasteiger partial charge in [-0.2, -0.15) is 0 Å². The smallest absolute Gasteiger partial charge is 0.261 e. The van der Waals surface area contributed by atoms with E-state index in [0.717, 1.165) is 6.07 Å². The van der Waals surface area contributed by atoms with Crippen molar-refractivity contribution in [1.82, 2.24) is 19.9 Å². The molecular weight excluding hydrogens is 409 g/mol. The Labute approximate surface area is 171 Å². The average molecular weight is 425 g/mol. The van der Waals surface area contributed by atoms with Crippen molar-refractivity contribution in [1.29, 1.82) is 0 Å². The Bertz CT molecular complexity index is 1320. The maximum atomic E-state index is 13.7. The molecule has 0 atom stereocenters. The highest BCUT2D eigenvalue weighted by atomic mass is 32.2. The molecule has 0 spiro atoms. The number of anilines is 1. The number of aromatic nitrogens is 3. The number of pyridine rings is 1. The molecule has 0 aliphatic rings. The van der Waals surface area contributed by atoms with Crippen molar-refractivity contribution in [3.63, 3.8) is 0 Å². The molecular formula is C20H16FN5O3S. The molecule has 0 bridgehead atoms. The van der Waals surface area contributed by atoms with Crippen LogP contribution in [0.4, 0.5) is 10.1 Å². The predicted octanol–water partition coefficient (Wildman–Crippen LogP) is 2.60. The van der Waals surface area contributed by atoms with Crippen molar-refractivity contribution >= 4 is 27.3 Å². The number of carbonyl (C=O) groups excluding carboxylic acids is 1. The van der Waals surface area contributed by atoms with Crippen LogP contribution in [-0.2, 0) is 16.6 Å². The SMILES string of the molecule is O=C(NCc1nnc2ccccn12)c1ccc(S(=O)(=O)Nc2ccccc2F)cc1. The first-order chi connectivity index (χ1) is 14.4. The van der Waals surface area contributed by atoms with Crippen LogP contribution in [0.2, 0.25) is 0 Å². The van der Waals surface area contributed by atoms with Gasteiger partial charge >= 0.3 is 0 Å². The first-order valence-electron chi connectivity index (χ1n) is 8.88. The van der Waals surface area contributed by atoms with Crippen molar-refractivity contribution in [2.75, 3.05) is 4.72 Å². The van der Waals surface area contributed by atoms with Crippen LogP contribution in [0.5, 0.6) is 0 Å². The van der Waals surface area contributed by atoms with Gasteiger partial charge < -0.3 is 5.32 Å². The highest BCUT2D eigenvalue weighted by molar-refractivity contribution is 7.92. The maximum absolute atomic E-state index is 13.7. The van der Waals surface area contributed by atoms with E-state index in [9.17, 15) is 17.6 Å². The van der Waals surface area contributed by atoms with Crippen LogP contribution in [0.15, 0.2) is 77.8 Å². The van der Waals surface area contributed by atoms with Gasteiger partial charge in [-0.1, -0.05) is 18.2 Å². The van der Waals surface area contributed by atoms with Gasteiger partial charge in [-0.05, 0) is 48.5 Å². The summed E-state index contributed by atoms with van der Waals surface area (Å²) in [6, 6.07) is 16.3. The fourth-order valence-electron chi connectivity index (χ4n) is 2.81. The number of amides is 1. The van der Waals surface area contributed by atoms with E-state index in [1.807, 2.05) is 12.1 Å². The van der Waals surface area contributed by atoms with Crippen molar-refractivity contribution in [3.05, 3.63) is 90.1 Å². The minimum atomic E-state index is -3.99. The molecule has 1 amide bonds. The number of sulfonamides is 1. The second kappa shape index (κ2) is 7.91. The maximum Gasteiger partial charge on any atom is 0.261 e. The number of nitrogens with zero attached hydrogens (tertiary/aromatic N) is 3. The van der Waals surface area contributed by atoms with Gasteiger partial charge in [0.15, 0.2) is 11.5 Å². The summed E-state index contributed by atoms with van der Waals surface area (Å²) >= 11 is 0. The summed E-state index contributed by atoms with van der Waals surface area (Å²) < 4.78 is 42.5. The molecule has 30 heavy (non-hydrogen) atoms. The molecule has 10 heteroatoms. The third-order valence-electron chi connectivity index (χ3n) is 4.34. The number of carbonyl (C=O) groups is 1. The Hall–Kier alpha value is -3.79.